The van der Waals surface area contributed by atoms with Crippen molar-refractivity contribution in [3.8, 4) is 5.69 Å². The van der Waals surface area contributed by atoms with E-state index in [4.69, 9.17) is 16.7 Å². The number of rotatable bonds is 6. The number of halogens is 1. The zero-order chi connectivity index (χ0) is 19.4. The van der Waals surface area contributed by atoms with E-state index in [1.807, 2.05) is 0 Å². The second kappa shape index (κ2) is 7.88. The Morgan fingerprint density at radius 3 is 2.70 bits per heavy atom. The van der Waals surface area contributed by atoms with Gasteiger partial charge in [0.15, 0.2) is 0 Å². The summed E-state index contributed by atoms with van der Waals surface area (Å²) in [5.74, 6) is -1.70. The smallest absolute Gasteiger partial charge is 0.305 e. The summed E-state index contributed by atoms with van der Waals surface area (Å²) in [7, 11) is 0. The lowest BCUT2D eigenvalue weighted by molar-refractivity contribution is -0.137. The molecule has 0 spiro atoms. The van der Waals surface area contributed by atoms with E-state index in [-0.39, 0.29) is 12.1 Å². The molecule has 0 aliphatic heterocycles. The number of H-pyrrole nitrogens is 1. The Morgan fingerprint density at radius 1 is 1.26 bits per heavy atom. The third-order valence-electron chi connectivity index (χ3n) is 3.83. The molecule has 0 bridgehead atoms. The monoisotopic (exact) mass is 386 g/mol. The maximum absolute atomic E-state index is 12.6. The second-order valence-electron chi connectivity index (χ2n) is 5.71. The molecule has 0 saturated heterocycles. The van der Waals surface area contributed by atoms with Crippen molar-refractivity contribution < 1.29 is 14.7 Å². The maximum Gasteiger partial charge on any atom is 0.305 e. The highest BCUT2D eigenvalue weighted by molar-refractivity contribution is 6.32. The standard InChI is InChI=1S/C18H15ClN4O4/c19-12-5-1-2-6-15(12)23-16(24)8-14(22-23)18(27)21-13(9-17(25)26)11-4-3-7-20-10-11/h1-8,10,13,22H,9H2,(H,21,27)(H,25,26)/t13-/m0/s1. The van der Waals surface area contributed by atoms with Crippen LogP contribution in [0.3, 0.4) is 0 Å². The molecule has 8 nitrogen and oxygen atoms in total. The molecule has 0 unspecified atom stereocenters. The van der Waals surface area contributed by atoms with Crippen LogP contribution in [0, 0.1) is 0 Å². The predicted octanol–water partition coefficient (Wildman–Crippen LogP) is 2.16. The Labute approximate surface area is 158 Å². The number of nitrogens with zero attached hydrogens (tertiary/aromatic N) is 2. The molecule has 1 atom stereocenters. The molecule has 2 aromatic heterocycles. The average Bonchev–Trinajstić information content (AvgIpc) is 3.03. The number of carbonyl (C=O) groups is 2. The molecule has 27 heavy (non-hydrogen) atoms. The van der Waals surface area contributed by atoms with Gasteiger partial charge in [-0.25, -0.2) is 4.68 Å². The van der Waals surface area contributed by atoms with Crippen molar-refractivity contribution in [2.45, 2.75) is 12.5 Å². The molecule has 3 rings (SSSR count). The second-order valence-corrected chi connectivity index (χ2v) is 6.11. The van der Waals surface area contributed by atoms with Crippen LogP contribution >= 0.6 is 11.6 Å². The van der Waals surface area contributed by atoms with Crippen LogP contribution in [0.1, 0.15) is 28.5 Å². The van der Waals surface area contributed by atoms with Gasteiger partial charge in [-0.1, -0.05) is 29.8 Å². The summed E-state index contributed by atoms with van der Waals surface area (Å²) < 4.78 is 1.15. The predicted molar refractivity (Wildman–Crippen MR) is 98.1 cm³/mol. The Morgan fingerprint density at radius 2 is 2.04 bits per heavy atom. The van der Waals surface area contributed by atoms with E-state index in [9.17, 15) is 14.4 Å². The van der Waals surface area contributed by atoms with Gasteiger partial charge in [0, 0.05) is 18.5 Å². The molecule has 2 heterocycles. The Hall–Kier alpha value is -3.39. The van der Waals surface area contributed by atoms with E-state index < -0.39 is 23.5 Å². The Kier molecular flexibility index (Phi) is 5.37. The highest BCUT2D eigenvalue weighted by Crippen LogP contribution is 2.18. The number of carboxylic acids is 1. The van der Waals surface area contributed by atoms with Gasteiger partial charge in [0.1, 0.15) is 5.69 Å². The van der Waals surface area contributed by atoms with Gasteiger partial charge in [-0.05, 0) is 23.8 Å². The number of aromatic amines is 1. The van der Waals surface area contributed by atoms with Crippen molar-refractivity contribution >= 4 is 23.5 Å². The number of hydrogen-bond acceptors (Lipinski definition) is 4. The van der Waals surface area contributed by atoms with Crippen molar-refractivity contribution in [1.82, 2.24) is 20.1 Å². The molecular formula is C18H15ClN4O4. The number of amides is 1. The molecule has 0 saturated carbocycles. The maximum atomic E-state index is 12.6. The fourth-order valence-corrected chi connectivity index (χ4v) is 2.79. The fourth-order valence-electron chi connectivity index (χ4n) is 2.57. The Balaban J connectivity index is 1.87. The van der Waals surface area contributed by atoms with Gasteiger partial charge in [-0.3, -0.25) is 24.5 Å². The van der Waals surface area contributed by atoms with Crippen molar-refractivity contribution in [1.29, 1.82) is 0 Å². The van der Waals surface area contributed by atoms with E-state index in [1.165, 1.54) is 6.20 Å². The SMILES string of the molecule is O=C(O)C[C@H](NC(=O)c1cc(=O)n(-c2ccccc2Cl)[nH]1)c1cccnc1. The van der Waals surface area contributed by atoms with Gasteiger partial charge in [0.2, 0.25) is 0 Å². The van der Waals surface area contributed by atoms with E-state index >= 15 is 0 Å². The van der Waals surface area contributed by atoms with E-state index in [2.05, 4.69) is 15.4 Å². The van der Waals surface area contributed by atoms with Gasteiger partial charge in [-0.2, -0.15) is 0 Å². The van der Waals surface area contributed by atoms with Crippen molar-refractivity contribution in [3.63, 3.8) is 0 Å². The van der Waals surface area contributed by atoms with Gasteiger partial charge in [-0.15, -0.1) is 0 Å². The lowest BCUT2D eigenvalue weighted by Gasteiger charge is -2.16. The van der Waals surface area contributed by atoms with Crippen LogP contribution in [0.5, 0.6) is 0 Å². The molecule has 138 valence electrons. The first-order valence-corrected chi connectivity index (χ1v) is 8.33. The fraction of sp³-hybridized carbons (Fsp3) is 0.111. The summed E-state index contributed by atoms with van der Waals surface area (Å²) in [5, 5.41) is 14.8. The van der Waals surface area contributed by atoms with Crippen LogP contribution in [0.25, 0.3) is 5.69 Å². The number of pyridine rings is 1. The summed E-state index contributed by atoms with van der Waals surface area (Å²) in [4.78, 5) is 39.8. The largest absolute Gasteiger partial charge is 0.481 e. The molecule has 0 fully saturated rings. The van der Waals surface area contributed by atoms with Crippen molar-refractivity contribution in [2.24, 2.45) is 0 Å². The van der Waals surface area contributed by atoms with Gasteiger partial charge >= 0.3 is 5.97 Å². The number of nitrogens with one attached hydrogen (secondary N) is 2. The molecule has 3 aromatic rings. The minimum Gasteiger partial charge on any atom is -0.481 e. The van der Waals surface area contributed by atoms with E-state index in [0.29, 0.717) is 16.3 Å². The van der Waals surface area contributed by atoms with Crippen molar-refractivity contribution in [3.05, 3.63) is 81.5 Å². The first-order valence-electron chi connectivity index (χ1n) is 7.95. The van der Waals surface area contributed by atoms with Crippen molar-refractivity contribution in [2.75, 3.05) is 0 Å². The summed E-state index contributed by atoms with van der Waals surface area (Å²) in [6.07, 6.45) is 2.70. The van der Waals surface area contributed by atoms with Crippen LogP contribution in [0.15, 0.2) is 59.7 Å². The summed E-state index contributed by atoms with van der Waals surface area (Å²) in [6.45, 7) is 0. The summed E-state index contributed by atoms with van der Waals surface area (Å²) in [6, 6.07) is 10.3. The first-order chi connectivity index (χ1) is 13.0. The lowest BCUT2D eigenvalue weighted by atomic mass is 10.1. The normalized spacial score (nSPS) is 11.7. The number of benzene rings is 1. The van der Waals surface area contributed by atoms with Crippen LogP contribution < -0.4 is 10.9 Å². The van der Waals surface area contributed by atoms with Crippen LogP contribution in [0.2, 0.25) is 5.02 Å². The van der Waals surface area contributed by atoms with Gasteiger partial charge < -0.3 is 10.4 Å². The molecule has 3 N–H and O–H groups in total. The number of carbonyl (C=O) groups excluding carboxylic acids is 1. The third-order valence-corrected chi connectivity index (χ3v) is 4.15. The van der Waals surface area contributed by atoms with Crippen LogP contribution in [-0.2, 0) is 4.79 Å². The minimum atomic E-state index is -1.08. The van der Waals surface area contributed by atoms with Gasteiger partial charge in [0.05, 0.1) is 23.2 Å². The summed E-state index contributed by atoms with van der Waals surface area (Å²) >= 11 is 6.09. The zero-order valence-electron chi connectivity index (χ0n) is 13.9. The minimum absolute atomic E-state index is 0.0146. The average molecular weight is 387 g/mol. The highest BCUT2D eigenvalue weighted by Gasteiger charge is 2.21. The molecular weight excluding hydrogens is 372 g/mol. The lowest BCUT2D eigenvalue weighted by Crippen LogP contribution is -2.30. The molecule has 0 radical (unpaired) electrons. The number of para-hydroxylation sites is 1. The number of hydrogen-bond donors (Lipinski definition) is 3. The third kappa shape index (κ3) is 4.24. The molecule has 1 aromatic carbocycles. The quantitative estimate of drug-likeness (QED) is 0.600. The first kappa shape index (κ1) is 18.4. The molecule has 1 amide bonds. The zero-order valence-corrected chi connectivity index (χ0v) is 14.7. The number of carboxylic acid groups (broad SMARTS) is 1. The van der Waals surface area contributed by atoms with Gasteiger partial charge in [0.25, 0.3) is 11.5 Å². The van der Waals surface area contributed by atoms with Crippen LogP contribution in [0.4, 0.5) is 0 Å². The molecule has 9 heteroatoms. The van der Waals surface area contributed by atoms with E-state index in [1.54, 1.807) is 42.6 Å². The number of aromatic nitrogens is 3. The van der Waals surface area contributed by atoms with E-state index in [0.717, 1.165) is 10.7 Å². The summed E-state index contributed by atoms with van der Waals surface area (Å²) in [5.41, 5.74) is 0.460. The molecule has 0 aliphatic rings. The highest BCUT2D eigenvalue weighted by atomic mass is 35.5. The topological polar surface area (TPSA) is 117 Å². The molecule has 0 aliphatic carbocycles. The Bertz CT molecular complexity index is 1030. The van der Waals surface area contributed by atoms with Crippen LogP contribution in [-0.4, -0.2) is 31.7 Å². The number of aliphatic carboxylic acids is 1.